The average molecular weight is 238 g/mol. The molecule has 0 bridgehead atoms. The Kier molecular flexibility index (Phi) is 4.82. The first-order chi connectivity index (χ1) is 8.08. The molecule has 0 aliphatic heterocycles. The summed E-state index contributed by atoms with van der Waals surface area (Å²) in [6.45, 7) is 4.48. The van der Waals surface area contributed by atoms with Crippen LogP contribution < -0.4 is 0 Å². The maximum atomic E-state index is 11.6. The van der Waals surface area contributed by atoms with Crippen LogP contribution in [0.25, 0.3) is 0 Å². The second-order valence-electron chi connectivity index (χ2n) is 3.98. The number of phenols is 2. The molecule has 0 saturated heterocycles. The maximum absolute atomic E-state index is 11.6. The van der Waals surface area contributed by atoms with E-state index < -0.39 is 5.97 Å². The summed E-state index contributed by atoms with van der Waals surface area (Å²) in [5.74, 6) is -0.680. The molecule has 4 heteroatoms. The minimum Gasteiger partial charge on any atom is -0.504 e. The zero-order valence-corrected chi connectivity index (χ0v) is 10.1. The number of aromatic hydroxyl groups is 2. The van der Waals surface area contributed by atoms with Crippen molar-refractivity contribution in [1.82, 2.24) is 0 Å². The Bertz CT molecular complexity index is 383. The fourth-order valence-corrected chi connectivity index (χ4v) is 1.45. The van der Waals surface area contributed by atoms with Gasteiger partial charge in [0.1, 0.15) is 0 Å². The molecule has 0 aliphatic carbocycles. The fraction of sp³-hybridized carbons (Fsp3) is 0.462. The molecule has 1 aromatic carbocycles. The second-order valence-corrected chi connectivity index (χ2v) is 3.98. The van der Waals surface area contributed by atoms with Crippen molar-refractivity contribution in [2.45, 2.75) is 26.7 Å². The van der Waals surface area contributed by atoms with E-state index in [1.54, 1.807) is 0 Å². The highest BCUT2D eigenvalue weighted by molar-refractivity contribution is 5.90. The molecule has 4 nitrogen and oxygen atoms in total. The standard InChI is InChI=1S/C13H18O4/c1-3-9(4-2)8-17-13(16)10-5-6-11(14)12(15)7-10/h5-7,9,14-15H,3-4,8H2,1-2H3. The molecule has 0 atom stereocenters. The highest BCUT2D eigenvalue weighted by Gasteiger charge is 2.12. The van der Waals surface area contributed by atoms with Gasteiger partial charge in [0.25, 0.3) is 0 Å². The van der Waals surface area contributed by atoms with E-state index in [9.17, 15) is 9.90 Å². The maximum Gasteiger partial charge on any atom is 0.338 e. The minimum atomic E-state index is -0.479. The van der Waals surface area contributed by atoms with Crippen LogP contribution in [0.15, 0.2) is 18.2 Å². The monoisotopic (exact) mass is 238 g/mol. The number of phenolic OH excluding ortho intramolecular Hbond substituents is 2. The zero-order valence-electron chi connectivity index (χ0n) is 10.1. The van der Waals surface area contributed by atoms with E-state index in [2.05, 4.69) is 0 Å². The molecule has 0 heterocycles. The van der Waals surface area contributed by atoms with Crippen molar-refractivity contribution in [2.24, 2.45) is 5.92 Å². The van der Waals surface area contributed by atoms with Crippen molar-refractivity contribution in [3.63, 3.8) is 0 Å². The molecular formula is C13H18O4. The third-order valence-electron chi connectivity index (χ3n) is 2.82. The lowest BCUT2D eigenvalue weighted by molar-refractivity contribution is 0.0432. The number of hydrogen-bond donors (Lipinski definition) is 2. The topological polar surface area (TPSA) is 66.8 Å². The number of ether oxygens (including phenoxy) is 1. The van der Waals surface area contributed by atoms with Gasteiger partial charge >= 0.3 is 5.97 Å². The highest BCUT2D eigenvalue weighted by Crippen LogP contribution is 2.25. The first kappa shape index (κ1) is 13.4. The van der Waals surface area contributed by atoms with E-state index >= 15 is 0 Å². The Balaban J connectivity index is 2.61. The van der Waals surface area contributed by atoms with Gasteiger partial charge in [-0.2, -0.15) is 0 Å². The van der Waals surface area contributed by atoms with Crippen molar-refractivity contribution in [3.05, 3.63) is 23.8 Å². The van der Waals surface area contributed by atoms with Crippen LogP contribution in [-0.4, -0.2) is 22.8 Å². The summed E-state index contributed by atoms with van der Waals surface area (Å²) in [6, 6.07) is 3.89. The molecule has 0 amide bonds. The summed E-state index contributed by atoms with van der Waals surface area (Å²) >= 11 is 0. The lowest BCUT2D eigenvalue weighted by atomic mass is 10.1. The Hall–Kier alpha value is -1.71. The fourth-order valence-electron chi connectivity index (χ4n) is 1.45. The smallest absolute Gasteiger partial charge is 0.338 e. The molecule has 17 heavy (non-hydrogen) atoms. The summed E-state index contributed by atoms with van der Waals surface area (Å²) in [5.41, 5.74) is 0.242. The van der Waals surface area contributed by atoms with Crippen LogP contribution in [0.1, 0.15) is 37.0 Å². The Morgan fingerprint density at radius 2 is 1.88 bits per heavy atom. The van der Waals surface area contributed by atoms with Gasteiger partial charge in [-0.1, -0.05) is 26.7 Å². The van der Waals surface area contributed by atoms with Crippen LogP contribution in [0.3, 0.4) is 0 Å². The van der Waals surface area contributed by atoms with Gasteiger partial charge in [0.05, 0.1) is 12.2 Å². The quantitative estimate of drug-likeness (QED) is 0.611. The van der Waals surface area contributed by atoms with Gasteiger partial charge in [-0.3, -0.25) is 0 Å². The van der Waals surface area contributed by atoms with E-state index in [0.717, 1.165) is 12.8 Å². The summed E-state index contributed by atoms with van der Waals surface area (Å²) in [4.78, 5) is 11.6. The third kappa shape index (κ3) is 3.66. The largest absolute Gasteiger partial charge is 0.504 e. The summed E-state index contributed by atoms with van der Waals surface area (Å²) in [5, 5.41) is 18.4. The van der Waals surface area contributed by atoms with Gasteiger partial charge in [-0.25, -0.2) is 4.79 Å². The average Bonchev–Trinajstić information content (AvgIpc) is 2.33. The lowest BCUT2D eigenvalue weighted by Gasteiger charge is -2.12. The molecule has 94 valence electrons. The van der Waals surface area contributed by atoms with E-state index in [4.69, 9.17) is 9.84 Å². The zero-order chi connectivity index (χ0) is 12.8. The van der Waals surface area contributed by atoms with Crippen molar-refractivity contribution >= 4 is 5.97 Å². The summed E-state index contributed by atoms with van der Waals surface area (Å²) in [7, 11) is 0. The number of esters is 1. The van der Waals surface area contributed by atoms with Crippen molar-refractivity contribution < 1.29 is 19.7 Å². The van der Waals surface area contributed by atoms with E-state index in [1.165, 1.54) is 18.2 Å². The normalized spacial score (nSPS) is 10.5. The van der Waals surface area contributed by atoms with E-state index in [0.29, 0.717) is 12.5 Å². The van der Waals surface area contributed by atoms with Crippen LogP contribution in [0.2, 0.25) is 0 Å². The number of carbonyl (C=O) groups is 1. The molecule has 0 radical (unpaired) electrons. The molecule has 0 spiro atoms. The first-order valence-electron chi connectivity index (χ1n) is 5.77. The molecule has 1 aromatic rings. The summed E-state index contributed by atoms with van der Waals surface area (Å²) in [6.07, 6.45) is 1.93. The van der Waals surface area contributed by atoms with Crippen molar-refractivity contribution in [1.29, 1.82) is 0 Å². The molecule has 2 N–H and O–H groups in total. The molecule has 0 unspecified atom stereocenters. The van der Waals surface area contributed by atoms with Gasteiger partial charge in [-0.15, -0.1) is 0 Å². The lowest BCUT2D eigenvalue weighted by Crippen LogP contribution is -2.13. The molecule has 0 fully saturated rings. The molecular weight excluding hydrogens is 220 g/mol. The molecule has 0 aliphatic rings. The predicted octanol–water partition coefficient (Wildman–Crippen LogP) is 2.69. The molecule has 1 rings (SSSR count). The van der Waals surface area contributed by atoms with E-state index in [1.807, 2.05) is 13.8 Å². The number of hydrogen-bond acceptors (Lipinski definition) is 4. The molecule has 0 aromatic heterocycles. The molecule has 0 saturated carbocycles. The van der Waals surface area contributed by atoms with Gasteiger partial charge in [0.2, 0.25) is 0 Å². The minimum absolute atomic E-state index is 0.242. The van der Waals surface area contributed by atoms with Crippen LogP contribution in [-0.2, 0) is 4.74 Å². The Morgan fingerprint density at radius 3 is 2.41 bits per heavy atom. The summed E-state index contributed by atoms with van der Waals surface area (Å²) < 4.78 is 5.14. The third-order valence-corrected chi connectivity index (χ3v) is 2.82. The van der Waals surface area contributed by atoms with Crippen LogP contribution in [0.5, 0.6) is 11.5 Å². The van der Waals surface area contributed by atoms with Gasteiger partial charge in [-0.05, 0) is 24.1 Å². The van der Waals surface area contributed by atoms with Crippen molar-refractivity contribution in [3.8, 4) is 11.5 Å². The van der Waals surface area contributed by atoms with Crippen LogP contribution in [0, 0.1) is 5.92 Å². The van der Waals surface area contributed by atoms with Crippen LogP contribution in [0.4, 0.5) is 0 Å². The van der Waals surface area contributed by atoms with E-state index in [-0.39, 0.29) is 17.1 Å². The first-order valence-corrected chi connectivity index (χ1v) is 5.77. The van der Waals surface area contributed by atoms with Gasteiger partial charge in [0, 0.05) is 0 Å². The Labute approximate surface area is 101 Å². The van der Waals surface area contributed by atoms with Crippen LogP contribution >= 0.6 is 0 Å². The number of carbonyl (C=O) groups excluding carboxylic acids is 1. The van der Waals surface area contributed by atoms with Crippen molar-refractivity contribution in [2.75, 3.05) is 6.61 Å². The van der Waals surface area contributed by atoms with Gasteiger partial charge in [0.15, 0.2) is 11.5 Å². The number of rotatable bonds is 5. The predicted molar refractivity (Wildman–Crippen MR) is 64.1 cm³/mol. The SMILES string of the molecule is CCC(CC)COC(=O)c1ccc(O)c(O)c1. The Morgan fingerprint density at radius 1 is 1.24 bits per heavy atom. The highest BCUT2D eigenvalue weighted by atomic mass is 16.5. The number of benzene rings is 1. The second kappa shape index (κ2) is 6.13. The van der Waals surface area contributed by atoms with Gasteiger partial charge < -0.3 is 14.9 Å².